The number of H-pyrrole nitrogens is 1. The molecule has 3 heterocycles. The maximum atomic E-state index is 13.0. The molecule has 5 rings (SSSR count). The zero-order valence-electron chi connectivity index (χ0n) is 17.5. The highest BCUT2D eigenvalue weighted by molar-refractivity contribution is 6.31. The van der Waals surface area contributed by atoms with Gasteiger partial charge in [-0.25, -0.2) is 9.67 Å². The van der Waals surface area contributed by atoms with Crippen LogP contribution in [0.25, 0.3) is 11.2 Å². The molecule has 168 valence electrons. The highest BCUT2D eigenvalue weighted by Crippen LogP contribution is 2.26. The van der Waals surface area contributed by atoms with Crippen LogP contribution in [0.15, 0.2) is 53.3 Å². The number of nitrogens with zero attached hydrogens (tertiary/aromatic N) is 5. The van der Waals surface area contributed by atoms with Crippen molar-refractivity contribution in [3.63, 3.8) is 0 Å². The van der Waals surface area contributed by atoms with Crippen LogP contribution in [0.3, 0.4) is 0 Å². The lowest BCUT2D eigenvalue weighted by Crippen LogP contribution is -2.40. The zero-order chi connectivity index (χ0) is 22.9. The molecular formula is C23H20Cl2N6O2. The fraction of sp³-hybridized carbons (Fsp3) is 0.261. The highest BCUT2D eigenvalue weighted by atomic mass is 35.5. The van der Waals surface area contributed by atoms with Crippen LogP contribution in [0.1, 0.15) is 40.5 Å². The van der Waals surface area contributed by atoms with Gasteiger partial charge in [0.15, 0.2) is 11.2 Å². The van der Waals surface area contributed by atoms with Gasteiger partial charge in [-0.05, 0) is 42.7 Å². The minimum atomic E-state index is -0.348. The number of carbonyl (C=O) groups excluding carboxylic acids is 1. The fourth-order valence-corrected chi connectivity index (χ4v) is 4.55. The number of nitrogens with one attached hydrogen (secondary N) is 1. The number of likely N-dealkylation sites (tertiary alicyclic amines) is 1. The Kier molecular flexibility index (Phi) is 5.86. The van der Waals surface area contributed by atoms with Gasteiger partial charge in [0.2, 0.25) is 0 Å². The van der Waals surface area contributed by atoms with Crippen LogP contribution in [0.2, 0.25) is 10.0 Å². The standard InChI is InChI=1S/C23H20Cl2N6O2/c24-17-8-3-6-14(11-17)23(33)30-10-4-7-16(12-30)20-26-21-19(22(32)27-20)28-29-31(21)13-15-5-1-2-9-18(15)25/h1-3,5-6,8-9,11,16H,4,7,10,12-13H2,(H,26,27,32)/t16-/m0/s1. The smallest absolute Gasteiger partial charge is 0.281 e. The second-order valence-corrected chi connectivity index (χ2v) is 8.91. The van der Waals surface area contributed by atoms with E-state index in [0.717, 1.165) is 18.4 Å². The molecule has 8 nitrogen and oxygen atoms in total. The predicted molar refractivity (Wildman–Crippen MR) is 126 cm³/mol. The van der Waals surface area contributed by atoms with Gasteiger partial charge in [0.05, 0.1) is 6.54 Å². The van der Waals surface area contributed by atoms with Crippen molar-refractivity contribution in [3.8, 4) is 0 Å². The number of hydrogen-bond acceptors (Lipinski definition) is 5. The summed E-state index contributed by atoms with van der Waals surface area (Å²) in [5.41, 5.74) is 1.62. The third-order valence-corrected chi connectivity index (χ3v) is 6.44. The molecule has 2 aromatic heterocycles. The number of amides is 1. The molecule has 0 unspecified atom stereocenters. The Morgan fingerprint density at radius 3 is 2.82 bits per heavy atom. The van der Waals surface area contributed by atoms with Crippen molar-refractivity contribution < 1.29 is 4.79 Å². The van der Waals surface area contributed by atoms with Crippen molar-refractivity contribution >= 4 is 40.3 Å². The maximum absolute atomic E-state index is 13.0. The Bertz CT molecular complexity index is 1400. The molecule has 0 spiro atoms. The molecule has 0 aliphatic carbocycles. The topological polar surface area (TPSA) is 96.8 Å². The number of aromatic amines is 1. The molecule has 2 aromatic carbocycles. The average Bonchev–Trinajstić information content (AvgIpc) is 3.23. The van der Waals surface area contributed by atoms with Crippen LogP contribution in [0.5, 0.6) is 0 Å². The Hall–Kier alpha value is -3.23. The van der Waals surface area contributed by atoms with Gasteiger partial charge in [-0.3, -0.25) is 9.59 Å². The summed E-state index contributed by atoms with van der Waals surface area (Å²) >= 11 is 12.3. The van der Waals surface area contributed by atoms with Crippen LogP contribution in [0.4, 0.5) is 0 Å². The second kappa shape index (κ2) is 8.96. The van der Waals surface area contributed by atoms with E-state index >= 15 is 0 Å². The maximum Gasteiger partial charge on any atom is 0.281 e. The van der Waals surface area contributed by atoms with Crippen molar-refractivity contribution in [2.75, 3.05) is 13.1 Å². The summed E-state index contributed by atoms with van der Waals surface area (Å²) in [4.78, 5) is 35.0. The number of fused-ring (bicyclic) bond motifs is 1. The van der Waals surface area contributed by atoms with Gasteiger partial charge in [-0.15, -0.1) is 5.10 Å². The molecule has 1 aliphatic rings. The number of halogens is 2. The molecule has 1 atom stereocenters. The highest BCUT2D eigenvalue weighted by Gasteiger charge is 2.28. The van der Waals surface area contributed by atoms with Gasteiger partial charge in [0.1, 0.15) is 5.82 Å². The molecule has 0 saturated carbocycles. The van der Waals surface area contributed by atoms with Gasteiger partial charge >= 0.3 is 0 Å². The van der Waals surface area contributed by atoms with E-state index in [0.29, 0.717) is 46.7 Å². The van der Waals surface area contributed by atoms with Gasteiger partial charge in [0, 0.05) is 34.6 Å². The summed E-state index contributed by atoms with van der Waals surface area (Å²) < 4.78 is 1.58. The third-order valence-electron chi connectivity index (χ3n) is 5.84. The summed E-state index contributed by atoms with van der Waals surface area (Å²) in [6.07, 6.45) is 1.61. The molecule has 10 heteroatoms. The van der Waals surface area contributed by atoms with Crippen molar-refractivity contribution in [2.45, 2.75) is 25.3 Å². The second-order valence-electron chi connectivity index (χ2n) is 8.06. The minimum absolute atomic E-state index is 0.0870. The van der Waals surface area contributed by atoms with Crippen molar-refractivity contribution in [1.29, 1.82) is 0 Å². The first-order chi connectivity index (χ1) is 16.0. The van der Waals surface area contributed by atoms with Crippen molar-refractivity contribution in [1.82, 2.24) is 29.9 Å². The van der Waals surface area contributed by atoms with Crippen LogP contribution < -0.4 is 5.56 Å². The molecule has 33 heavy (non-hydrogen) atoms. The van der Waals surface area contributed by atoms with Gasteiger partial charge < -0.3 is 9.88 Å². The minimum Gasteiger partial charge on any atom is -0.338 e. The van der Waals surface area contributed by atoms with E-state index < -0.39 is 0 Å². The first kappa shape index (κ1) is 21.6. The SMILES string of the molecule is O=C(c1cccc(Cl)c1)N1CCC[C@H](c2nc3c(nnn3Cc3ccccc3Cl)c(=O)[nH]2)C1. The van der Waals surface area contributed by atoms with E-state index in [2.05, 4.69) is 15.3 Å². The molecule has 1 N–H and O–H groups in total. The first-order valence-corrected chi connectivity index (χ1v) is 11.4. The molecule has 4 aromatic rings. The summed E-state index contributed by atoms with van der Waals surface area (Å²) in [6, 6.07) is 14.4. The normalized spacial score (nSPS) is 16.3. The van der Waals surface area contributed by atoms with Gasteiger partial charge in [-0.2, -0.15) is 0 Å². The lowest BCUT2D eigenvalue weighted by Gasteiger charge is -2.32. The quantitative estimate of drug-likeness (QED) is 0.475. The van der Waals surface area contributed by atoms with Crippen molar-refractivity contribution in [2.24, 2.45) is 0 Å². The van der Waals surface area contributed by atoms with Crippen LogP contribution in [0, 0.1) is 0 Å². The largest absolute Gasteiger partial charge is 0.338 e. The molecule has 1 fully saturated rings. The molecule has 0 bridgehead atoms. The van der Waals surface area contributed by atoms with E-state index in [-0.39, 0.29) is 22.9 Å². The number of hydrogen-bond donors (Lipinski definition) is 1. The molecule has 0 radical (unpaired) electrons. The van der Waals surface area contributed by atoms with Crippen LogP contribution in [-0.4, -0.2) is 48.9 Å². The molecular weight excluding hydrogens is 463 g/mol. The predicted octanol–water partition coefficient (Wildman–Crippen LogP) is 3.89. The number of carbonyl (C=O) groups is 1. The number of aromatic nitrogens is 5. The number of benzene rings is 2. The molecule has 1 saturated heterocycles. The Morgan fingerprint density at radius 1 is 1.15 bits per heavy atom. The van der Waals surface area contributed by atoms with E-state index in [9.17, 15) is 9.59 Å². The van der Waals surface area contributed by atoms with E-state index in [1.807, 2.05) is 18.2 Å². The average molecular weight is 483 g/mol. The van der Waals surface area contributed by atoms with E-state index in [4.69, 9.17) is 28.2 Å². The Morgan fingerprint density at radius 2 is 2.00 bits per heavy atom. The Balaban J connectivity index is 1.44. The van der Waals surface area contributed by atoms with Gasteiger partial charge in [0.25, 0.3) is 11.5 Å². The first-order valence-electron chi connectivity index (χ1n) is 10.6. The van der Waals surface area contributed by atoms with E-state index in [1.54, 1.807) is 39.9 Å². The number of rotatable bonds is 4. The van der Waals surface area contributed by atoms with Crippen LogP contribution >= 0.6 is 23.2 Å². The summed E-state index contributed by atoms with van der Waals surface area (Å²) in [6.45, 7) is 1.43. The van der Waals surface area contributed by atoms with Crippen molar-refractivity contribution in [3.05, 3.63) is 85.9 Å². The summed E-state index contributed by atoms with van der Waals surface area (Å²) in [5.74, 6) is 0.331. The Labute approximate surface area is 199 Å². The lowest BCUT2D eigenvalue weighted by atomic mass is 9.96. The summed E-state index contributed by atoms with van der Waals surface area (Å²) in [5, 5.41) is 9.25. The lowest BCUT2D eigenvalue weighted by molar-refractivity contribution is 0.0704. The summed E-state index contributed by atoms with van der Waals surface area (Å²) in [7, 11) is 0. The fourth-order valence-electron chi connectivity index (χ4n) is 4.16. The van der Waals surface area contributed by atoms with Gasteiger partial charge in [-0.1, -0.05) is 52.7 Å². The molecule has 1 amide bonds. The zero-order valence-corrected chi connectivity index (χ0v) is 19.1. The van der Waals surface area contributed by atoms with Crippen LogP contribution in [-0.2, 0) is 6.54 Å². The van der Waals surface area contributed by atoms with E-state index in [1.165, 1.54) is 0 Å². The third kappa shape index (κ3) is 4.36. The number of piperidine rings is 1. The monoisotopic (exact) mass is 482 g/mol. The molecule has 1 aliphatic heterocycles.